The van der Waals surface area contributed by atoms with Crippen molar-refractivity contribution in [3.63, 3.8) is 0 Å². The number of carbonyl (C=O) groups excluding carboxylic acids is 2. The standard InChI is InChI=1S/C28H40N2O2/c1-7-21(2)29-27(32)22(3)30(20-19-23-11-9-8-10-12-23)26(31)18-15-24-13-16-25(17-14-24)28(4,5)6/h8-14,16-17,21-22H,7,15,18-20H2,1-6H3,(H,29,32). The Labute approximate surface area is 194 Å². The molecule has 0 aliphatic carbocycles. The summed E-state index contributed by atoms with van der Waals surface area (Å²) in [6.07, 6.45) is 2.66. The van der Waals surface area contributed by atoms with Gasteiger partial charge in [0.2, 0.25) is 11.8 Å². The van der Waals surface area contributed by atoms with Gasteiger partial charge in [0.15, 0.2) is 0 Å². The van der Waals surface area contributed by atoms with Gasteiger partial charge >= 0.3 is 0 Å². The van der Waals surface area contributed by atoms with Crippen molar-refractivity contribution < 1.29 is 9.59 Å². The molecule has 2 aromatic rings. The van der Waals surface area contributed by atoms with Crippen LogP contribution in [0.2, 0.25) is 0 Å². The van der Waals surface area contributed by atoms with Crippen molar-refractivity contribution >= 4 is 11.8 Å². The molecule has 0 saturated carbocycles. The Morgan fingerprint density at radius 2 is 1.50 bits per heavy atom. The molecule has 2 unspecified atom stereocenters. The van der Waals surface area contributed by atoms with E-state index in [0.717, 1.165) is 24.0 Å². The Morgan fingerprint density at radius 3 is 2.06 bits per heavy atom. The highest BCUT2D eigenvalue weighted by Crippen LogP contribution is 2.22. The van der Waals surface area contributed by atoms with E-state index in [1.807, 2.05) is 39.0 Å². The van der Waals surface area contributed by atoms with Gasteiger partial charge in [0.1, 0.15) is 6.04 Å². The molecule has 0 spiro atoms. The van der Waals surface area contributed by atoms with E-state index in [2.05, 4.69) is 62.5 Å². The van der Waals surface area contributed by atoms with Crippen molar-refractivity contribution in [2.75, 3.05) is 6.54 Å². The van der Waals surface area contributed by atoms with Crippen LogP contribution in [0.5, 0.6) is 0 Å². The topological polar surface area (TPSA) is 49.4 Å². The number of nitrogens with one attached hydrogen (secondary N) is 1. The van der Waals surface area contributed by atoms with E-state index in [0.29, 0.717) is 19.4 Å². The maximum absolute atomic E-state index is 13.2. The molecule has 32 heavy (non-hydrogen) atoms. The van der Waals surface area contributed by atoms with Gasteiger partial charge in [-0.25, -0.2) is 0 Å². The van der Waals surface area contributed by atoms with E-state index in [-0.39, 0.29) is 23.3 Å². The van der Waals surface area contributed by atoms with Crippen LogP contribution in [-0.4, -0.2) is 35.3 Å². The first-order valence-electron chi connectivity index (χ1n) is 11.8. The second kappa shape index (κ2) is 11.8. The molecular formula is C28H40N2O2. The second-order valence-electron chi connectivity index (χ2n) is 9.76. The van der Waals surface area contributed by atoms with Crippen molar-refractivity contribution in [1.82, 2.24) is 10.2 Å². The Bertz CT molecular complexity index is 853. The summed E-state index contributed by atoms with van der Waals surface area (Å²) in [4.78, 5) is 27.7. The van der Waals surface area contributed by atoms with Crippen molar-refractivity contribution in [3.05, 3.63) is 71.3 Å². The van der Waals surface area contributed by atoms with Gasteiger partial charge in [0, 0.05) is 19.0 Å². The molecule has 4 heteroatoms. The van der Waals surface area contributed by atoms with Crippen LogP contribution in [0.4, 0.5) is 0 Å². The van der Waals surface area contributed by atoms with Crippen molar-refractivity contribution in [1.29, 1.82) is 0 Å². The lowest BCUT2D eigenvalue weighted by Gasteiger charge is -2.30. The highest BCUT2D eigenvalue weighted by molar-refractivity contribution is 5.87. The Hall–Kier alpha value is -2.62. The second-order valence-corrected chi connectivity index (χ2v) is 9.76. The fourth-order valence-corrected chi connectivity index (χ4v) is 3.60. The monoisotopic (exact) mass is 436 g/mol. The molecule has 2 aromatic carbocycles. The van der Waals surface area contributed by atoms with E-state index < -0.39 is 6.04 Å². The van der Waals surface area contributed by atoms with E-state index in [4.69, 9.17) is 0 Å². The van der Waals surface area contributed by atoms with Gasteiger partial charge in [0.25, 0.3) is 0 Å². The number of hydrogen-bond donors (Lipinski definition) is 1. The first-order valence-corrected chi connectivity index (χ1v) is 11.8. The molecule has 0 saturated heterocycles. The third-order valence-corrected chi connectivity index (χ3v) is 6.10. The molecule has 2 rings (SSSR count). The fraction of sp³-hybridized carbons (Fsp3) is 0.500. The third kappa shape index (κ3) is 7.81. The quantitative estimate of drug-likeness (QED) is 0.550. The molecule has 0 bridgehead atoms. The van der Waals surface area contributed by atoms with Crippen LogP contribution in [0.25, 0.3) is 0 Å². The minimum Gasteiger partial charge on any atom is -0.352 e. The van der Waals surface area contributed by atoms with Crippen LogP contribution in [0, 0.1) is 0 Å². The van der Waals surface area contributed by atoms with Gasteiger partial charge in [-0.15, -0.1) is 0 Å². The largest absolute Gasteiger partial charge is 0.352 e. The van der Waals surface area contributed by atoms with Gasteiger partial charge in [0.05, 0.1) is 0 Å². The van der Waals surface area contributed by atoms with Crippen LogP contribution in [0.3, 0.4) is 0 Å². The number of carbonyl (C=O) groups is 2. The maximum Gasteiger partial charge on any atom is 0.242 e. The molecule has 174 valence electrons. The van der Waals surface area contributed by atoms with Crippen LogP contribution < -0.4 is 5.32 Å². The summed E-state index contributed by atoms with van der Waals surface area (Å²) in [6.45, 7) is 13.0. The highest BCUT2D eigenvalue weighted by atomic mass is 16.2. The van der Waals surface area contributed by atoms with Crippen molar-refractivity contribution in [3.8, 4) is 0 Å². The SMILES string of the molecule is CCC(C)NC(=O)C(C)N(CCc1ccccc1)C(=O)CCc1ccc(C(C)(C)C)cc1. The van der Waals surface area contributed by atoms with Crippen LogP contribution in [-0.2, 0) is 27.8 Å². The van der Waals surface area contributed by atoms with E-state index in [1.165, 1.54) is 5.56 Å². The predicted molar refractivity (Wildman–Crippen MR) is 133 cm³/mol. The molecule has 0 aliphatic rings. The fourth-order valence-electron chi connectivity index (χ4n) is 3.60. The number of amides is 2. The molecule has 2 atom stereocenters. The summed E-state index contributed by atoms with van der Waals surface area (Å²) < 4.78 is 0. The van der Waals surface area contributed by atoms with Crippen LogP contribution >= 0.6 is 0 Å². The van der Waals surface area contributed by atoms with Gasteiger partial charge < -0.3 is 10.2 Å². The molecule has 0 radical (unpaired) electrons. The third-order valence-electron chi connectivity index (χ3n) is 6.10. The lowest BCUT2D eigenvalue weighted by atomic mass is 9.86. The minimum atomic E-state index is -0.497. The minimum absolute atomic E-state index is 0.0210. The summed E-state index contributed by atoms with van der Waals surface area (Å²) in [7, 11) is 0. The highest BCUT2D eigenvalue weighted by Gasteiger charge is 2.26. The van der Waals surface area contributed by atoms with Crippen molar-refractivity contribution in [2.45, 2.75) is 84.7 Å². The maximum atomic E-state index is 13.2. The molecule has 1 N–H and O–H groups in total. The number of aryl methyl sites for hydroxylation is 1. The molecule has 0 fully saturated rings. The molecule has 0 aliphatic heterocycles. The molecule has 0 heterocycles. The number of benzene rings is 2. The molecule has 0 aromatic heterocycles. The summed E-state index contributed by atoms with van der Waals surface area (Å²) in [5.41, 5.74) is 3.71. The van der Waals surface area contributed by atoms with Gasteiger partial charge in [-0.1, -0.05) is 82.3 Å². The molecule has 2 amide bonds. The van der Waals surface area contributed by atoms with E-state index >= 15 is 0 Å². The average molecular weight is 437 g/mol. The lowest BCUT2D eigenvalue weighted by Crippen LogP contribution is -2.50. The summed E-state index contributed by atoms with van der Waals surface area (Å²) in [5.74, 6) is -0.0667. The average Bonchev–Trinajstić information content (AvgIpc) is 2.77. The van der Waals surface area contributed by atoms with E-state index in [9.17, 15) is 9.59 Å². The smallest absolute Gasteiger partial charge is 0.242 e. The van der Waals surface area contributed by atoms with Crippen LogP contribution in [0.15, 0.2) is 54.6 Å². The van der Waals surface area contributed by atoms with E-state index in [1.54, 1.807) is 4.90 Å². The zero-order chi connectivity index (χ0) is 23.7. The van der Waals surface area contributed by atoms with Crippen molar-refractivity contribution in [2.24, 2.45) is 0 Å². The van der Waals surface area contributed by atoms with Gasteiger partial charge in [-0.05, 0) is 55.2 Å². The van der Waals surface area contributed by atoms with Crippen LogP contribution in [0.1, 0.15) is 71.1 Å². The summed E-state index contributed by atoms with van der Waals surface area (Å²) in [6, 6.07) is 18.2. The summed E-state index contributed by atoms with van der Waals surface area (Å²) in [5, 5.41) is 3.02. The first kappa shape index (κ1) is 25.6. The molecule has 4 nitrogen and oxygen atoms in total. The zero-order valence-corrected chi connectivity index (χ0v) is 20.7. The lowest BCUT2D eigenvalue weighted by molar-refractivity contribution is -0.140. The molecular weight excluding hydrogens is 396 g/mol. The Balaban J connectivity index is 2.07. The predicted octanol–water partition coefficient (Wildman–Crippen LogP) is 5.29. The first-order chi connectivity index (χ1) is 15.1. The number of rotatable bonds is 10. The Kier molecular flexibility index (Phi) is 9.49. The Morgan fingerprint density at radius 1 is 0.906 bits per heavy atom. The van der Waals surface area contributed by atoms with Gasteiger partial charge in [-0.3, -0.25) is 9.59 Å². The zero-order valence-electron chi connectivity index (χ0n) is 20.7. The normalized spacial score (nSPS) is 13.3. The van der Waals surface area contributed by atoms with Gasteiger partial charge in [-0.2, -0.15) is 0 Å². The number of nitrogens with zero attached hydrogens (tertiary/aromatic N) is 1. The summed E-state index contributed by atoms with van der Waals surface area (Å²) >= 11 is 0. The number of hydrogen-bond acceptors (Lipinski definition) is 2.